The zero-order valence-electron chi connectivity index (χ0n) is 19.3. The fourth-order valence-corrected chi connectivity index (χ4v) is 5.08. The van der Waals surface area contributed by atoms with Crippen LogP contribution in [0.4, 0.5) is 0 Å². The Balaban J connectivity index is 1.58. The van der Waals surface area contributed by atoms with E-state index in [0.717, 1.165) is 42.3 Å². The molecular formula is C24H28N4O4S. The van der Waals surface area contributed by atoms with Crippen LogP contribution in [0.3, 0.4) is 0 Å². The molecule has 33 heavy (non-hydrogen) atoms. The highest BCUT2D eigenvalue weighted by Crippen LogP contribution is 2.29. The number of hydrogen-bond acceptors (Lipinski definition) is 7. The second kappa shape index (κ2) is 9.93. The van der Waals surface area contributed by atoms with E-state index in [4.69, 9.17) is 9.47 Å². The van der Waals surface area contributed by atoms with Crippen molar-refractivity contribution < 1.29 is 19.1 Å². The summed E-state index contributed by atoms with van der Waals surface area (Å²) in [4.78, 5) is 28.0. The van der Waals surface area contributed by atoms with Crippen molar-refractivity contribution in [1.29, 1.82) is 0 Å². The van der Waals surface area contributed by atoms with Gasteiger partial charge in [0.05, 0.1) is 31.2 Å². The minimum atomic E-state index is -0.0780. The summed E-state index contributed by atoms with van der Waals surface area (Å²) in [5.41, 5.74) is 3.40. The van der Waals surface area contributed by atoms with Crippen molar-refractivity contribution in [2.24, 2.45) is 0 Å². The zero-order valence-corrected chi connectivity index (χ0v) is 20.1. The van der Waals surface area contributed by atoms with E-state index in [2.05, 4.69) is 15.2 Å². The molecule has 0 aliphatic carbocycles. The lowest BCUT2D eigenvalue weighted by Gasteiger charge is -2.15. The number of carbonyl (C=O) groups is 2. The van der Waals surface area contributed by atoms with Crippen LogP contribution in [0.5, 0.6) is 5.75 Å². The molecule has 0 spiro atoms. The molecule has 0 radical (unpaired) electrons. The van der Waals surface area contributed by atoms with E-state index in [9.17, 15) is 9.59 Å². The van der Waals surface area contributed by atoms with Crippen molar-refractivity contribution in [3.05, 3.63) is 46.8 Å². The van der Waals surface area contributed by atoms with Crippen molar-refractivity contribution in [2.75, 3.05) is 19.5 Å². The maximum atomic E-state index is 13.0. The van der Waals surface area contributed by atoms with Gasteiger partial charge in [-0.1, -0.05) is 11.8 Å². The molecule has 1 aliphatic heterocycles. The lowest BCUT2D eigenvalue weighted by molar-refractivity contribution is 0.0953. The van der Waals surface area contributed by atoms with Crippen molar-refractivity contribution in [1.82, 2.24) is 19.7 Å². The zero-order chi connectivity index (χ0) is 23.5. The van der Waals surface area contributed by atoms with Crippen LogP contribution >= 0.6 is 11.8 Å². The molecule has 0 bridgehead atoms. The van der Waals surface area contributed by atoms with E-state index >= 15 is 0 Å². The van der Waals surface area contributed by atoms with Crippen LogP contribution in [0.1, 0.15) is 51.9 Å². The molecule has 1 fully saturated rings. The van der Waals surface area contributed by atoms with Gasteiger partial charge in [-0.3, -0.25) is 14.2 Å². The van der Waals surface area contributed by atoms with E-state index < -0.39 is 0 Å². The summed E-state index contributed by atoms with van der Waals surface area (Å²) >= 11 is 1.34. The molecular weight excluding hydrogens is 440 g/mol. The lowest BCUT2D eigenvalue weighted by Crippen LogP contribution is -2.17. The number of carbonyl (C=O) groups excluding carboxylic acids is 2. The molecule has 1 aromatic carbocycles. The Bertz CT molecular complexity index is 1160. The minimum absolute atomic E-state index is 0.0478. The maximum absolute atomic E-state index is 13.0. The molecule has 2 aromatic heterocycles. The summed E-state index contributed by atoms with van der Waals surface area (Å²) in [6.07, 6.45) is 2.12. The molecule has 3 heterocycles. The van der Waals surface area contributed by atoms with Crippen LogP contribution in [-0.2, 0) is 11.3 Å². The summed E-state index contributed by atoms with van der Waals surface area (Å²) in [7, 11) is 1.63. The Kier molecular flexibility index (Phi) is 6.99. The van der Waals surface area contributed by atoms with Crippen LogP contribution < -0.4 is 4.74 Å². The largest absolute Gasteiger partial charge is 0.497 e. The predicted octanol–water partition coefficient (Wildman–Crippen LogP) is 4.26. The van der Waals surface area contributed by atoms with Gasteiger partial charge < -0.3 is 14.5 Å². The van der Waals surface area contributed by atoms with Crippen molar-refractivity contribution >= 4 is 23.3 Å². The number of hydrogen-bond donors (Lipinski definition) is 1. The molecule has 1 N–H and O–H groups in total. The van der Waals surface area contributed by atoms with Crippen molar-refractivity contribution in [3.63, 3.8) is 0 Å². The standard InChI is InChI=1S/C24H28N4O4S/c1-14-21(16(3)29)15(2)25-22(14)20(30)13-33-24-27-26-23(17-7-9-18(31-4)10-8-17)28(24)12-19-6-5-11-32-19/h7-10,19,25H,5-6,11-13H2,1-4H3/t19-/m0/s1. The third-order valence-corrected chi connectivity index (χ3v) is 6.84. The molecule has 9 heteroatoms. The molecule has 1 atom stereocenters. The first-order valence-electron chi connectivity index (χ1n) is 10.9. The maximum Gasteiger partial charge on any atom is 0.192 e. The number of aryl methyl sites for hydroxylation is 1. The number of rotatable bonds is 9. The first-order chi connectivity index (χ1) is 15.9. The topological polar surface area (TPSA) is 99.1 Å². The quantitative estimate of drug-likeness (QED) is 0.370. The number of aromatic nitrogens is 4. The Morgan fingerprint density at radius 2 is 2.00 bits per heavy atom. The van der Waals surface area contributed by atoms with Crippen LogP contribution in [-0.4, -0.2) is 56.9 Å². The second-order valence-electron chi connectivity index (χ2n) is 8.17. The van der Waals surface area contributed by atoms with E-state index in [-0.39, 0.29) is 23.4 Å². The van der Waals surface area contributed by atoms with E-state index in [1.54, 1.807) is 14.0 Å². The average molecular weight is 469 g/mol. The fourth-order valence-electron chi connectivity index (χ4n) is 4.26. The molecule has 0 amide bonds. The molecule has 1 saturated heterocycles. The van der Waals surface area contributed by atoms with Gasteiger partial charge in [0.15, 0.2) is 22.5 Å². The van der Waals surface area contributed by atoms with Gasteiger partial charge in [0.1, 0.15) is 5.75 Å². The molecule has 174 valence electrons. The van der Waals surface area contributed by atoms with E-state index in [1.165, 1.54) is 18.7 Å². The molecule has 3 aromatic rings. The van der Waals surface area contributed by atoms with Gasteiger partial charge in [-0.2, -0.15) is 0 Å². The fraction of sp³-hybridized carbons (Fsp3) is 0.417. The highest BCUT2D eigenvalue weighted by molar-refractivity contribution is 7.99. The predicted molar refractivity (Wildman–Crippen MR) is 126 cm³/mol. The van der Waals surface area contributed by atoms with E-state index in [0.29, 0.717) is 28.5 Å². The Morgan fingerprint density at radius 3 is 2.61 bits per heavy atom. The normalized spacial score (nSPS) is 15.7. The number of ether oxygens (including phenoxy) is 2. The van der Waals surface area contributed by atoms with Crippen LogP contribution in [0, 0.1) is 13.8 Å². The van der Waals surface area contributed by atoms with Crippen molar-refractivity contribution in [3.8, 4) is 17.1 Å². The third kappa shape index (κ3) is 4.89. The van der Waals surface area contributed by atoms with Gasteiger partial charge in [0, 0.05) is 23.4 Å². The monoisotopic (exact) mass is 468 g/mol. The lowest BCUT2D eigenvalue weighted by atomic mass is 10.1. The van der Waals surface area contributed by atoms with Gasteiger partial charge in [-0.25, -0.2) is 0 Å². The number of methoxy groups -OCH3 is 1. The highest BCUT2D eigenvalue weighted by atomic mass is 32.2. The Labute approximate surface area is 197 Å². The number of ketones is 2. The summed E-state index contributed by atoms with van der Waals surface area (Å²) in [6.45, 7) is 6.52. The number of Topliss-reactive ketones (excluding diaryl/α,β-unsaturated/α-hetero) is 2. The van der Waals surface area contributed by atoms with Gasteiger partial charge >= 0.3 is 0 Å². The molecule has 1 aliphatic rings. The summed E-state index contributed by atoms with van der Waals surface area (Å²) < 4.78 is 13.1. The van der Waals surface area contributed by atoms with Gasteiger partial charge in [-0.15, -0.1) is 10.2 Å². The first kappa shape index (κ1) is 23.3. The van der Waals surface area contributed by atoms with E-state index in [1.807, 2.05) is 35.8 Å². The van der Waals surface area contributed by atoms with Crippen LogP contribution in [0.15, 0.2) is 29.4 Å². The van der Waals surface area contributed by atoms with Gasteiger partial charge in [0.2, 0.25) is 0 Å². The number of nitrogens with one attached hydrogen (secondary N) is 1. The Morgan fingerprint density at radius 1 is 1.24 bits per heavy atom. The second-order valence-corrected chi connectivity index (χ2v) is 9.12. The number of nitrogens with zero attached hydrogens (tertiary/aromatic N) is 3. The smallest absolute Gasteiger partial charge is 0.192 e. The number of H-pyrrole nitrogens is 1. The first-order valence-corrected chi connectivity index (χ1v) is 11.9. The van der Waals surface area contributed by atoms with Gasteiger partial charge in [0.25, 0.3) is 0 Å². The van der Waals surface area contributed by atoms with Crippen LogP contribution in [0.2, 0.25) is 0 Å². The molecule has 0 unspecified atom stereocenters. The molecule has 4 rings (SSSR count). The molecule has 8 nitrogen and oxygen atoms in total. The van der Waals surface area contributed by atoms with Gasteiger partial charge in [-0.05, 0) is 63.4 Å². The SMILES string of the molecule is COc1ccc(-c2nnc(SCC(=O)c3[nH]c(C)c(C(C)=O)c3C)n2C[C@@H]2CCCO2)cc1. The van der Waals surface area contributed by atoms with Crippen LogP contribution in [0.25, 0.3) is 11.4 Å². The average Bonchev–Trinajstić information content (AvgIpc) is 3.52. The summed E-state index contributed by atoms with van der Waals surface area (Å²) in [6, 6.07) is 7.67. The highest BCUT2D eigenvalue weighted by Gasteiger charge is 2.24. The third-order valence-electron chi connectivity index (χ3n) is 5.88. The summed E-state index contributed by atoms with van der Waals surface area (Å²) in [5, 5.41) is 9.48. The summed E-state index contributed by atoms with van der Waals surface area (Å²) in [5.74, 6) is 1.56. The number of benzene rings is 1. The minimum Gasteiger partial charge on any atom is -0.497 e. The number of thioether (sulfide) groups is 1. The Hall–Kier alpha value is -2.91. The van der Waals surface area contributed by atoms with Crippen molar-refractivity contribution in [2.45, 2.75) is 51.4 Å². The number of aromatic amines is 1. The molecule has 0 saturated carbocycles.